The lowest BCUT2D eigenvalue weighted by molar-refractivity contribution is -0.123. The highest BCUT2D eigenvalue weighted by Crippen LogP contribution is 2.50. The number of nitrogens with zero attached hydrogens (tertiary/aromatic N) is 1. The van der Waals surface area contributed by atoms with Crippen molar-refractivity contribution in [2.45, 2.75) is 49.8 Å². The van der Waals surface area contributed by atoms with Gasteiger partial charge in [0.1, 0.15) is 5.41 Å². The number of carbonyl (C=O) groups excluding carboxylic acids is 1. The van der Waals surface area contributed by atoms with E-state index >= 15 is 0 Å². The Morgan fingerprint density at radius 2 is 1.91 bits per heavy atom. The molecule has 0 aromatic heterocycles. The summed E-state index contributed by atoms with van der Waals surface area (Å²) in [4.78, 5) is 13.4. The van der Waals surface area contributed by atoms with Crippen LogP contribution in [0, 0.1) is 17.2 Å². The molecule has 1 unspecified atom stereocenters. The first kappa shape index (κ1) is 25.5. The molecule has 1 amide bonds. The number of carbonyl (C=O) groups is 1. The first-order valence-electron chi connectivity index (χ1n) is 11.0. The summed E-state index contributed by atoms with van der Waals surface area (Å²) in [6, 6.07) is 16.0. The summed E-state index contributed by atoms with van der Waals surface area (Å²) >= 11 is 12.4. The lowest BCUT2D eigenvalue weighted by atomic mass is 9.63. The van der Waals surface area contributed by atoms with Crippen LogP contribution in [0.2, 0.25) is 10.0 Å². The van der Waals surface area contributed by atoms with Gasteiger partial charge in [0, 0.05) is 28.5 Å². The zero-order valence-corrected chi connectivity index (χ0v) is 20.1. The molecule has 1 saturated heterocycles. The van der Waals surface area contributed by atoms with Crippen molar-refractivity contribution in [1.82, 2.24) is 10.6 Å². The molecule has 4 N–H and O–H groups in total. The molecule has 6 nitrogen and oxygen atoms in total. The van der Waals surface area contributed by atoms with Gasteiger partial charge < -0.3 is 20.8 Å². The Bertz CT molecular complexity index is 1010. The van der Waals surface area contributed by atoms with Gasteiger partial charge in [0.2, 0.25) is 5.91 Å². The highest BCUT2D eigenvalue weighted by molar-refractivity contribution is 6.30. The Kier molecular flexibility index (Phi) is 8.38. The van der Waals surface area contributed by atoms with E-state index in [0.717, 1.165) is 11.1 Å². The van der Waals surface area contributed by atoms with Crippen molar-refractivity contribution in [3.8, 4) is 6.07 Å². The van der Waals surface area contributed by atoms with Crippen molar-refractivity contribution < 1.29 is 15.0 Å². The van der Waals surface area contributed by atoms with E-state index in [-0.39, 0.29) is 37.4 Å². The normalized spacial score (nSPS) is 25.6. The minimum absolute atomic E-state index is 0.0380. The highest BCUT2D eigenvalue weighted by atomic mass is 35.5. The van der Waals surface area contributed by atoms with E-state index in [2.05, 4.69) is 16.7 Å². The van der Waals surface area contributed by atoms with E-state index in [0.29, 0.717) is 10.0 Å². The monoisotopic (exact) mass is 489 g/mol. The summed E-state index contributed by atoms with van der Waals surface area (Å²) in [5.41, 5.74) is 0.498. The predicted molar refractivity (Wildman–Crippen MR) is 129 cm³/mol. The summed E-state index contributed by atoms with van der Waals surface area (Å²) < 4.78 is 0. The van der Waals surface area contributed by atoms with Gasteiger partial charge in [-0.05, 0) is 47.7 Å². The van der Waals surface area contributed by atoms with Crippen molar-refractivity contribution in [3.05, 3.63) is 69.7 Å². The van der Waals surface area contributed by atoms with E-state index in [4.69, 9.17) is 28.3 Å². The van der Waals surface area contributed by atoms with Gasteiger partial charge in [-0.25, -0.2) is 0 Å². The van der Waals surface area contributed by atoms with Crippen molar-refractivity contribution in [2.75, 3.05) is 13.2 Å². The van der Waals surface area contributed by atoms with E-state index in [1.54, 1.807) is 24.3 Å². The lowest BCUT2D eigenvalue weighted by Crippen LogP contribution is -2.46. The number of aliphatic hydroxyl groups is 2. The van der Waals surface area contributed by atoms with Crippen LogP contribution in [-0.2, 0) is 10.2 Å². The largest absolute Gasteiger partial charge is 0.394 e. The fraction of sp³-hybridized carbons (Fsp3) is 0.440. The van der Waals surface area contributed by atoms with Crippen molar-refractivity contribution in [1.29, 1.82) is 5.26 Å². The first-order valence-corrected chi connectivity index (χ1v) is 11.8. The molecule has 0 saturated carbocycles. The number of aliphatic hydroxyl groups excluding tert-OH is 2. The van der Waals surface area contributed by atoms with Crippen LogP contribution >= 0.6 is 23.2 Å². The van der Waals surface area contributed by atoms with E-state index in [9.17, 15) is 15.2 Å². The third kappa shape index (κ3) is 5.18. The summed E-state index contributed by atoms with van der Waals surface area (Å²) in [7, 11) is 0. The second-order valence-electron chi connectivity index (χ2n) is 8.80. The van der Waals surface area contributed by atoms with Crippen LogP contribution in [0.5, 0.6) is 0 Å². The van der Waals surface area contributed by atoms with Crippen LogP contribution in [0.4, 0.5) is 0 Å². The van der Waals surface area contributed by atoms with Crippen molar-refractivity contribution in [3.63, 3.8) is 0 Å². The van der Waals surface area contributed by atoms with E-state index in [1.165, 1.54) is 0 Å². The molecule has 0 spiro atoms. The van der Waals surface area contributed by atoms with Crippen LogP contribution in [0.3, 0.4) is 0 Å². The predicted octanol–water partition coefficient (Wildman–Crippen LogP) is 3.39. The van der Waals surface area contributed by atoms with Gasteiger partial charge in [-0.15, -0.1) is 0 Å². The molecule has 2 aromatic carbocycles. The number of hydrogen-bond donors (Lipinski definition) is 4. The van der Waals surface area contributed by atoms with Gasteiger partial charge in [-0.1, -0.05) is 61.3 Å². The molecule has 8 heteroatoms. The number of benzene rings is 2. The van der Waals surface area contributed by atoms with Crippen LogP contribution in [0.25, 0.3) is 0 Å². The molecular weight excluding hydrogens is 461 g/mol. The Balaban J connectivity index is 2.11. The summed E-state index contributed by atoms with van der Waals surface area (Å²) in [5, 5.41) is 36.7. The standard InChI is InChI=1S/C25H29Cl2N3O3/c1-15(2)23-25(14-28,17-6-8-18(26)9-7-17)21(16-4-3-5-19(27)12-16)22(30-23)24(33)29-11-10-20(32)13-31/h3-9,12,15,20-23,30-32H,10-11,13H2,1-2H3,(H,29,33)/t20-,21?,22+,23-,25+/m0/s1. The van der Waals surface area contributed by atoms with Crippen LogP contribution in [-0.4, -0.2) is 47.5 Å². The third-order valence-electron chi connectivity index (χ3n) is 6.32. The summed E-state index contributed by atoms with van der Waals surface area (Å²) in [6.45, 7) is 3.87. The van der Waals surface area contributed by atoms with Crippen LogP contribution in [0.15, 0.2) is 48.5 Å². The Labute approximate surface area is 204 Å². The summed E-state index contributed by atoms with van der Waals surface area (Å²) in [6.07, 6.45) is -0.674. The highest BCUT2D eigenvalue weighted by Gasteiger charge is 2.59. The number of halogens is 2. The maximum Gasteiger partial charge on any atom is 0.237 e. The zero-order valence-electron chi connectivity index (χ0n) is 18.6. The van der Waals surface area contributed by atoms with Crippen molar-refractivity contribution >= 4 is 29.1 Å². The summed E-state index contributed by atoms with van der Waals surface area (Å²) in [5.74, 6) is -0.768. The zero-order chi connectivity index (χ0) is 24.2. The average molecular weight is 490 g/mol. The number of rotatable bonds is 8. The number of nitriles is 1. The minimum Gasteiger partial charge on any atom is -0.394 e. The van der Waals surface area contributed by atoms with Gasteiger partial charge in [0.25, 0.3) is 0 Å². The smallest absolute Gasteiger partial charge is 0.237 e. The van der Waals surface area contributed by atoms with Gasteiger partial charge in [-0.2, -0.15) is 5.26 Å². The SMILES string of the molecule is CC(C)[C@@H]1N[C@@H](C(=O)NCC[C@H](O)CO)C(c2cccc(Cl)c2)[C@@]1(C#N)c1ccc(Cl)cc1. The molecule has 5 atom stereocenters. The van der Waals surface area contributed by atoms with E-state index < -0.39 is 23.5 Å². The second-order valence-corrected chi connectivity index (χ2v) is 9.68. The van der Waals surface area contributed by atoms with Gasteiger partial charge >= 0.3 is 0 Å². The quantitative estimate of drug-likeness (QED) is 0.454. The number of hydrogen-bond acceptors (Lipinski definition) is 5. The third-order valence-corrected chi connectivity index (χ3v) is 6.81. The molecule has 0 aliphatic carbocycles. The molecule has 1 heterocycles. The molecular formula is C25H29Cl2N3O3. The average Bonchev–Trinajstić information content (AvgIpc) is 3.16. The number of amides is 1. The Morgan fingerprint density at radius 3 is 2.48 bits per heavy atom. The molecule has 0 radical (unpaired) electrons. The van der Waals surface area contributed by atoms with Gasteiger partial charge in [0.05, 0.1) is 24.8 Å². The molecule has 3 rings (SSSR count). The van der Waals surface area contributed by atoms with E-state index in [1.807, 2.05) is 38.1 Å². The lowest BCUT2D eigenvalue weighted by Gasteiger charge is -2.36. The van der Waals surface area contributed by atoms with Crippen molar-refractivity contribution in [2.24, 2.45) is 5.92 Å². The molecule has 0 bridgehead atoms. The first-order chi connectivity index (χ1) is 15.7. The van der Waals surface area contributed by atoms with Gasteiger partial charge in [-0.3, -0.25) is 4.79 Å². The molecule has 2 aromatic rings. The second kappa shape index (κ2) is 10.9. The topological polar surface area (TPSA) is 105 Å². The fourth-order valence-corrected chi connectivity index (χ4v) is 5.15. The minimum atomic E-state index is -1.06. The molecule has 1 aliphatic rings. The maximum absolute atomic E-state index is 13.4. The number of nitrogens with one attached hydrogen (secondary N) is 2. The molecule has 1 aliphatic heterocycles. The molecule has 33 heavy (non-hydrogen) atoms. The fourth-order valence-electron chi connectivity index (χ4n) is 4.83. The Morgan fingerprint density at radius 1 is 1.21 bits per heavy atom. The van der Waals surface area contributed by atoms with Crippen LogP contribution in [0.1, 0.15) is 37.3 Å². The van der Waals surface area contributed by atoms with Gasteiger partial charge in [0.15, 0.2) is 0 Å². The maximum atomic E-state index is 13.4. The Hall–Kier alpha value is -2.14. The molecule has 1 fully saturated rings. The van der Waals surface area contributed by atoms with Crippen LogP contribution < -0.4 is 10.6 Å². The molecule has 176 valence electrons.